The van der Waals surface area contributed by atoms with Gasteiger partial charge in [-0.3, -0.25) is 4.79 Å². The minimum Gasteiger partial charge on any atom is -0.460 e. The molecule has 0 bridgehead atoms. The van der Waals surface area contributed by atoms with Gasteiger partial charge in [0.15, 0.2) is 0 Å². The lowest BCUT2D eigenvalue weighted by molar-refractivity contribution is -0.137. The smallest absolute Gasteiger partial charge is 0.316 e. The quantitative estimate of drug-likeness (QED) is 0.847. The third-order valence-electron chi connectivity index (χ3n) is 4.27. The number of ether oxygens (including phenoxy) is 1. The normalized spacial score (nSPS) is 21.1. The first-order chi connectivity index (χ1) is 9.83. The van der Waals surface area contributed by atoms with Gasteiger partial charge < -0.3 is 9.64 Å². The van der Waals surface area contributed by atoms with Crippen LogP contribution in [0.4, 0.5) is 0 Å². The lowest BCUT2D eigenvalue weighted by Gasteiger charge is -2.33. The van der Waals surface area contributed by atoms with Crippen molar-refractivity contribution in [3.05, 3.63) is 18.5 Å². The SMILES string of the molecule is O=C(C1CCCC1)N1CCC(Oc2ncccn2)CC1. The molecule has 1 aliphatic heterocycles. The van der Waals surface area contributed by atoms with E-state index in [-0.39, 0.29) is 12.0 Å². The molecule has 2 heterocycles. The molecule has 108 valence electrons. The molecule has 1 saturated heterocycles. The van der Waals surface area contributed by atoms with Crippen molar-refractivity contribution in [2.45, 2.75) is 44.6 Å². The van der Waals surface area contributed by atoms with Crippen molar-refractivity contribution in [3.63, 3.8) is 0 Å². The lowest BCUT2D eigenvalue weighted by Crippen LogP contribution is -2.44. The highest BCUT2D eigenvalue weighted by Crippen LogP contribution is 2.28. The Morgan fingerprint density at radius 2 is 1.75 bits per heavy atom. The summed E-state index contributed by atoms with van der Waals surface area (Å²) >= 11 is 0. The molecule has 0 atom stereocenters. The molecule has 2 aliphatic rings. The maximum Gasteiger partial charge on any atom is 0.316 e. The summed E-state index contributed by atoms with van der Waals surface area (Å²) in [5.74, 6) is 0.641. The highest BCUT2D eigenvalue weighted by molar-refractivity contribution is 5.79. The zero-order valence-electron chi connectivity index (χ0n) is 11.7. The van der Waals surface area contributed by atoms with E-state index < -0.39 is 0 Å². The fourth-order valence-corrected chi connectivity index (χ4v) is 3.12. The van der Waals surface area contributed by atoms with E-state index in [2.05, 4.69) is 9.97 Å². The van der Waals surface area contributed by atoms with E-state index in [1.54, 1.807) is 18.5 Å². The molecular formula is C15H21N3O2. The Hall–Kier alpha value is -1.65. The average Bonchev–Trinajstić information content (AvgIpc) is 3.03. The van der Waals surface area contributed by atoms with Gasteiger partial charge in [0.25, 0.3) is 0 Å². The van der Waals surface area contributed by atoms with Crippen LogP contribution in [0.3, 0.4) is 0 Å². The molecule has 0 unspecified atom stereocenters. The van der Waals surface area contributed by atoms with E-state index >= 15 is 0 Å². The van der Waals surface area contributed by atoms with Gasteiger partial charge in [0.05, 0.1) is 0 Å². The number of likely N-dealkylation sites (tertiary alicyclic amines) is 1. The lowest BCUT2D eigenvalue weighted by atomic mass is 10.0. The van der Waals surface area contributed by atoms with Gasteiger partial charge in [0.2, 0.25) is 5.91 Å². The summed E-state index contributed by atoms with van der Waals surface area (Å²) in [7, 11) is 0. The molecule has 1 saturated carbocycles. The second-order valence-corrected chi connectivity index (χ2v) is 5.66. The van der Waals surface area contributed by atoms with E-state index in [0.717, 1.165) is 38.8 Å². The summed E-state index contributed by atoms with van der Waals surface area (Å²) in [4.78, 5) is 22.5. The molecule has 1 aromatic rings. The van der Waals surface area contributed by atoms with Crippen molar-refractivity contribution in [3.8, 4) is 6.01 Å². The zero-order chi connectivity index (χ0) is 13.8. The van der Waals surface area contributed by atoms with Crippen LogP contribution in [0.15, 0.2) is 18.5 Å². The predicted octanol–water partition coefficient (Wildman–Crippen LogP) is 2.04. The van der Waals surface area contributed by atoms with Gasteiger partial charge in [-0.05, 0) is 18.9 Å². The molecule has 5 nitrogen and oxygen atoms in total. The van der Waals surface area contributed by atoms with Gasteiger partial charge in [0.1, 0.15) is 6.10 Å². The van der Waals surface area contributed by atoms with Crippen LogP contribution in [-0.4, -0.2) is 40.0 Å². The van der Waals surface area contributed by atoms with Crippen molar-refractivity contribution >= 4 is 5.91 Å². The molecule has 3 rings (SSSR count). The fraction of sp³-hybridized carbons (Fsp3) is 0.667. The highest BCUT2D eigenvalue weighted by atomic mass is 16.5. The second-order valence-electron chi connectivity index (χ2n) is 5.66. The summed E-state index contributed by atoms with van der Waals surface area (Å²) in [6, 6.07) is 2.21. The van der Waals surface area contributed by atoms with Gasteiger partial charge >= 0.3 is 6.01 Å². The minimum absolute atomic E-state index is 0.130. The molecule has 1 amide bonds. The first kappa shape index (κ1) is 13.3. The molecule has 1 aromatic heterocycles. The Labute approximate surface area is 119 Å². The first-order valence-corrected chi connectivity index (χ1v) is 7.55. The van der Waals surface area contributed by atoms with Crippen LogP contribution in [0.1, 0.15) is 38.5 Å². The molecule has 0 radical (unpaired) electrons. The van der Waals surface area contributed by atoms with Gasteiger partial charge in [-0.2, -0.15) is 0 Å². The number of carbonyl (C=O) groups excluding carboxylic acids is 1. The molecule has 1 aliphatic carbocycles. The topological polar surface area (TPSA) is 55.3 Å². The molecule has 20 heavy (non-hydrogen) atoms. The number of rotatable bonds is 3. The van der Waals surface area contributed by atoms with Gasteiger partial charge in [0, 0.05) is 44.2 Å². The zero-order valence-corrected chi connectivity index (χ0v) is 11.7. The van der Waals surface area contributed by atoms with E-state index in [9.17, 15) is 4.79 Å². The minimum atomic E-state index is 0.130. The number of aromatic nitrogens is 2. The van der Waals surface area contributed by atoms with Gasteiger partial charge in [-0.25, -0.2) is 9.97 Å². The molecule has 2 fully saturated rings. The van der Waals surface area contributed by atoms with Crippen molar-refractivity contribution in [1.29, 1.82) is 0 Å². The highest BCUT2D eigenvalue weighted by Gasteiger charge is 2.30. The first-order valence-electron chi connectivity index (χ1n) is 7.55. The van der Waals surface area contributed by atoms with Crippen LogP contribution < -0.4 is 4.74 Å². The Kier molecular flexibility index (Phi) is 4.14. The van der Waals surface area contributed by atoms with Crippen molar-refractivity contribution < 1.29 is 9.53 Å². The van der Waals surface area contributed by atoms with Crippen LogP contribution in [0.5, 0.6) is 6.01 Å². The van der Waals surface area contributed by atoms with Crippen LogP contribution in [0, 0.1) is 5.92 Å². The van der Waals surface area contributed by atoms with Crippen LogP contribution in [0.2, 0.25) is 0 Å². The Morgan fingerprint density at radius 1 is 1.10 bits per heavy atom. The number of hydrogen-bond acceptors (Lipinski definition) is 4. The average molecular weight is 275 g/mol. The van der Waals surface area contributed by atoms with Crippen LogP contribution in [-0.2, 0) is 4.79 Å². The predicted molar refractivity (Wildman–Crippen MR) is 74.2 cm³/mol. The van der Waals surface area contributed by atoms with E-state index in [1.165, 1.54) is 12.8 Å². The molecule has 5 heteroatoms. The number of amides is 1. The maximum atomic E-state index is 12.3. The summed E-state index contributed by atoms with van der Waals surface area (Å²) < 4.78 is 5.75. The van der Waals surface area contributed by atoms with Crippen molar-refractivity contribution in [1.82, 2.24) is 14.9 Å². The molecule has 0 aromatic carbocycles. The van der Waals surface area contributed by atoms with E-state index in [0.29, 0.717) is 11.9 Å². The number of nitrogens with zero attached hydrogens (tertiary/aromatic N) is 3. The van der Waals surface area contributed by atoms with Gasteiger partial charge in [-0.1, -0.05) is 12.8 Å². The fourth-order valence-electron chi connectivity index (χ4n) is 3.12. The monoisotopic (exact) mass is 275 g/mol. The number of piperidine rings is 1. The van der Waals surface area contributed by atoms with Crippen LogP contribution >= 0.6 is 0 Å². The second kappa shape index (κ2) is 6.20. The van der Waals surface area contributed by atoms with Crippen molar-refractivity contribution in [2.75, 3.05) is 13.1 Å². The van der Waals surface area contributed by atoms with E-state index in [4.69, 9.17) is 4.74 Å². The molecular weight excluding hydrogens is 254 g/mol. The Bertz CT molecular complexity index is 438. The van der Waals surface area contributed by atoms with E-state index in [1.807, 2.05) is 4.90 Å². The standard InChI is InChI=1S/C15H21N3O2/c19-14(12-4-1-2-5-12)18-10-6-13(7-11-18)20-15-16-8-3-9-17-15/h3,8-9,12-13H,1-2,4-7,10-11H2. The summed E-state index contributed by atoms with van der Waals surface area (Å²) in [6.45, 7) is 1.60. The summed E-state index contributed by atoms with van der Waals surface area (Å²) in [5, 5.41) is 0. The molecule has 0 spiro atoms. The van der Waals surface area contributed by atoms with Crippen molar-refractivity contribution in [2.24, 2.45) is 5.92 Å². The summed E-state index contributed by atoms with van der Waals surface area (Å²) in [5.41, 5.74) is 0. The van der Waals surface area contributed by atoms with Crippen LogP contribution in [0.25, 0.3) is 0 Å². The third-order valence-corrected chi connectivity index (χ3v) is 4.27. The molecule has 0 N–H and O–H groups in total. The summed E-state index contributed by atoms with van der Waals surface area (Å²) in [6.07, 6.45) is 9.81. The third kappa shape index (κ3) is 3.08. The Morgan fingerprint density at radius 3 is 2.40 bits per heavy atom. The number of hydrogen-bond donors (Lipinski definition) is 0. The largest absolute Gasteiger partial charge is 0.460 e. The maximum absolute atomic E-state index is 12.3. The Balaban J connectivity index is 1.48. The number of carbonyl (C=O) groups is 1. The van der Waals surface area contributed by atoms with Gasteiger partial charge in [-0.15, -0.1) is 0 Å².